The van der Waals surface area contributed by atoms with Gasteiger partial charge in [-0.05, 0) is 52.3 Å². The van der Waals surface area contributed by atoms with E-state index in [1.807, 2.05) is 12.1 Å². The average molecular weight is 399 g/mol. The van der Waals surface area contributed by atoms with Crippen LogP contribution in [0.25, 0.3) is 22.1 Å². The first-order valence-electron chi connectivity index (χ1n) is 6.26. The lowest BCUT2D eigenvalue weighted by Crippen LogP contribution is -2.01. The van der Waals surface area contributed by atoms with Gasteiger partial charge >= 0.3 is 5.97 Å². The number of oxazole rings is 1. The maximum Gasteiger partial charge on any atom is 0.309 e. The summed E-state index contributed by atoms with van der Waals surface area (Å²) >= 11 is 10.7. The second-order valence-electron chi connectivity index (χ2n) is 4.48. The first-order valence-corrected chi connectivity index (χ1v) is 8.25. The second kappa shape index (κ2) is 6.24. The highest BCUT2D eigenvalue weighted by Crippen LogP contribution is 2.36. The molecule has 3 aromatic rings. The summed E-state index contributed by atoms with van der Waals surface area (Å²) in [5.74, 6) is -0.0803. The van der Waals surface area contributed by atoms with Gasteiger partial charge in [0.25, 0.3) is 0 Å². The summed E-state index contributed by atoms with van der Waals surface area (Å²) in [6.07, 6.45) is -0.193. The fourth-order valence-electron chi connectivity index (χ4n) is 1.96. The Morgan fingerprint density at radius 3 is 2.59 bits per heavy atom. The maximum atomic E-state index is 11.0. The Morgan fingerprint density at radius 1 is 1.27 bits per heavy atom. The molecule has 4 nitrogen and oxygen atoms in total. The topological polar surface area (TPSA) is 63.3 Å². The highest BCUT2D eigenvalue weighted by Gasteiger charge is 2.19. The molecule has 2 aromatic heterocycles. The van der Waals surface area contributed by atoms with Crippen molar-refractivity contribution >= 4 is 44.8 Å². The molecule has 0 saturated carbocycles. The molecular weight excluding hydrogens is 390 g/mol. The van der Waals surface area contributed by atoms with Gasteiger partial charge in [-0.1, -0.05) is 11.6 Å². The fraction of sp³-hybridized carbons (Fsp3) is 0.0667. The lowest BCUT2D eigenvalue weighted by Gasteiger charge is -1.95. The Kier molecular flexibility index (Phi) is 4.33. The van der Waals surface area contributed by atoms with Crippen LogP contribution in [-0.2, 0) is 11.2 Å². The summed E-state index contributed by atoms with van der Waals surface area (Å²) < 4.78 is 6.75. The number of aromatic nitrogens is 1. The molecule has 0 amide bonds. The zero-order valence-corrected chi connectivity index (χ0v) is 14.2. The summed E-state index contributed by atoms with van der Waals surface area (Å²) in [7, 11) is 0. The van der Waals surface area contributed by atoms with Crippen LogP contribution in [-0.4, -0.2) is 16.1 Å². The maximum absolute atomic E-state index is 11.0. The summed E-state index contributed by atoms with van der Waals surface area (Å²) in [5, 5.41) is 9.67. The summed E-state index contributed by atoms with van der Waals surface area (Å²) in [6, 6.07) is 10.8. The molecule has 2 heterocycles. The number of carboxylic acids is 1. The molecule has 0 saturated heterocycles. The third-order valence-corrected chi connectivity index (χ3v) is 4.78. The number of carboxylic acid groups (broad SMARTS) is 1. The van der Waals surface area contributed by atoms with Gasteiger partial charge in [-0.3, -0.25) is 4.79 Å². The van der Waals surface area contributed by atoms with E-state index >= 15 is 0 Å². The monoisotopic (exact) mass is 397 g/mol. The first-order chi connectivity index (χ1) is 10.5. The second-order valence-corrected chi connectivity index (χ2v) is 7.38. The number of halogens is 2. The molecule has 7 heteroatoms. The summed E-state index contributed by atoms with van der Waals surface area (Å²) in [4.78, 5) is 16.2. The summed E-state index contributed by atoms with van der Waals surface area (Å²) in [6.45, 7) is 0. The number of carbonyl (C=O) groups is 1. The Labute approximate surface area is 143 Å². The van der Waals surface area contributed by atoms with Gasteiger partial charge in [0.15, 0.2) is 5.76 Å². The van der Waals surface area contributed by atoms with Crippen LogP contribution in [0.2, 0.25) is 5.02 Å². The van der Waals surface area contributed by atoms with Crippen LogP contribution in [0, 0.1) is 0 Å². The predicted molar refractivity (Wildman–Crippen MR) is 89.3 cm³/mol. The van der Waals surface area contributed by atoms with Crippen LogP contribution >= 0.6 is 38.9 Å². The zero-order chi connectivity index (χ0) is 15.7. The quantitative estimate of drug-likeness (QED) is 0.663. The highest BCUT2D eigenvalue weighted by molar-refractivity contribution is 9.11. The Hall–Kier alpha value is -1.63. The molecule has 0 spiro atoms. The molecule has 22 heavy (non-hydrogen) atoms. The number of thiophene rings is 1. The van der Waals surface area contributed by atoms with Gasteiger partial charge in [0.2, 0.25) is 5.89 Å². The SMILES string of the molecule is O=C(O)Cc1nc(-c2ccc(Cl)cc2)oc1-c1ccc(Br)s1. The van der Waals surface area contributed by atoms with Crippen molar-refractivity contribution < 1.29 is 14.3 Å². The molecular formula is C15H9BrClNO3S. The minimum Gasteiger partial charge on any atom is -0.481 e. The van der Waals surface area contributed by atoms with E-state index in [1.165, 1.54) is 11.3 Å². The smallest absolute Gasteiger partial charge is 0.309 e. The van der Waals surface area contributed by atoms with E-state index < -0.39 is 5.97 Å². The minimum absolute atomic E-state index is 0.193. The Balaban J connectivity index is 2.07. The van der Waals surface area contributed by atoms with Crippen LogP contribution in [0.15, 0.2) is 44.6 Å². The van der Waals surface area contributed by atoms with Crippen molar-refractivity contribution in [1.29, 1.82) is 0 Å². The molecule has 0 bridgehead atoms. The van der Waals surface area contributed by atoms with Crippen molar-refractivity contribution in [2.75, 3.05) is 0 Å². The molecule has 0 aliphatic heterocycles. The van der Waals surface area contributed by atoms with Gasteiger partial charge in [-0.2, -0.15) is 0 Å². The fourth-order valence-corrected chi connectivity index (χ4v) is 3.48. The molecule has 0 radical (unpaired) electrons. The number of rotatable bonds is 4. The Bertz CT molecular complexity index is 826. The van der Waals surface area contributed by atoms with Gasteiger partial charge in [0, 0.05) is 10.6 Å². The molecule has 0 aliphatic rings. The van der Waals surface area contributed by atoms with Crippen LogP contribution in [0.3, 0.4) is 0 Å². The molecule has 0 atom stereocenters. The molecule has 1 aromatic carbocycles. The number of hydrogen-bond acceptors (Lipinski definition) is 4. The molecule has 3 rings (SSSR count). The van der Waals surface area contributed by atoms with Gasteiger partial charge in [0.05, 0.1) is 20.8 Å². The van der Waals surface area contributed by atoms with E-state index in [0.717, 1.165) is 14.2 Å². The van der Waals surface area contributed by atoms with Crippen molar-refractivity contribution in [3.05, 3.63) is 50.9 Å². The van der Waals surface area contributed by atoms with E-state index in [2.05, 4.69) is 20.9 Å². The lowest BCUT2D eigenvalue weighted by molar-refractivity contribution is -0.136. The van der Waals surface area contributed by atoms with Gasteiger partial charge in [0.1, 0.15) is 0 Å². The van der Waals surface area contributed by atoms with Crippen molar-refractivity contribution in [3.8, 4) is 22.1 Å². The third-order valence-electron chi connectivity index (χ3n) is 2.90. The van der Waals surface area contributed by atoms with E-state index in [-0.39, 0.29) is 6.42 Å². The first kappa shape index (κ1) is 15.3. The van der Waals surface area contributed by atoms with E-state index in [1.54, 1.807) is 24.3 Å². The number of benzene rings is 1. The highest BCUT2D eigenvalue weighted by atomic mass is 79.9. The van der Waals surface area contributed by atoms with Gasteiger partial charge in [-0.15, -0.1) is 11.3 Å². The lowest BCUT2D eigenvalue weighted by atomic mass is 10.2. The van der Waals surface area contributed by atoms with Crippen molar-refractivity contribution in [1.82, 2.24) is 4.98 Å². The number of nitrogens with zero attached hydrogens (tertiary/aromatic N) is 1. The molecule has 0 aliphatic carbocycles. The number of hydrogen-bond donors (Lipinski definition) is 1. The van der Waals surface area contributed by atoms with E-state index in [9.17, 15) is 4.79 Å². The summed E-state index contributed by atoms with van der Waals surface area (Å²) in [5.41, 5.74) is 1.16. The van der Waals surface area contributed by atoms with Crippen LogP contribution in [0.4, 0.5) is 0 Å². The predicted octanol–water partition coefficient (Wildman–Crippen LogP) is 5.11. The minimum atomic E-state index is -0.951. The van der Waals surface area contributed by atoms with Crippen molar-refractivity contribution in [3.63, 3.8) is 0 Å². The normalized spacial score (nSPS) is 10.8. The molecule has 0 fully saturated rings. The largest absolute Gasteiger partial charge is 0.481 e. The van der Waals surface area contributed by atoms with Crippen LogP contribution < -0.4 is 0 Å². The standard InChI is InChI=1S/C15H9BrClNO3S/c16-12-6-5-11(22-12)14-10(7-13(19)20)18-15(21-14)8-1-3-9(17)4-2-8/h1-6H,7H2,(H,19,20). The number of aliphatic carboxylic acids is 1. The molecule has 1 N–H and O–H groups in total. The van der Waals surface area contributed by atoms with E-state index in [4.69, 9.17) is 21.1 Å². The van der Waals surface area contributed by atoms with Gasteiger partial charge < -0.3 is 9.52 Å². The van der Waals surface area contributed by atoms with Crippen molar-refractivity contribution in [2.24, 2.45) is 0 Å². The third kappa shape index (κ3) is 3.24. The molecule has 112 valence electrons. The molecule has 0 unspecified atom stereocenters. The van der Waals surface area contributed by atoms with Crippen molar-refractivity contribution in [2.45, 2.75) is 6.42 Å². The average Bonchev–Trinajstić information content (AvgIpc) is 3.05. The zero-order valence-electron chi connectivity index (χ0n) is 11.0. The van der Waals surface area contributed by atoms with Crippen LogP contribution in [0.5, 0.6) is 0 Å². The Morgan fingerprint density at radius 2 is 2.00 bits per heavy atom. The van der Waals surface area contributed by atoms with Gasteiger partial charge in [-0.25, -0.2) is 4.98 Å². The van der Waals surface area contributed by atoms with Crippen LogP contribution in [0.1, 0.15) is 5.69 Å². The van der Waals surface area contributed by atoms with E-state index in [0.29, 0.717) is 22.4 Å².